The first-order valence-corrected chi connectivity index (χ1v) is 10.5. The molecule has 1 atom stereocenters. The number of rotatable bonds is 7. The van der Waals surface area contributed by atoms with Crippen molar-refractivity contribution in [1.29, 1.82) is 0 Å². The number of thiophene rings is 1. The lowest BCUT2D eigenvalue weighted by molar-refractivity contribution is -0.115. The van der Waals surface area contributed by atoms with Gasteiger partial charge in [-0.25, -0.2) is 0 Å². The number of carbonyl (C=O) groups excluding carboxylic acids is 2. The molecule has 4 rings (SSSR count). The van der Waals surface area contributed by atoms with E-state index in [1.54, 1.807) is 6.26 Å². The minimum absolute atomic E-state index is 0.0705. The van der Waals surface area contributed by atoms with Gasteiger partial charge in [-0.1, -0.05) is 30.3 Å². The van der Waals surface area contributed by atoms with E-state index in [9.17, 15) is 9.59 Å². The third-order valence-electron chi connectivity index (χ3n) is 5.10. The highest BCUT2D eigenvalue weighted by molar-refractivity contribution is 7.17. The van der Waals surface area contributed by atoms with Crippen molar-refractivity contribution in [2.75, 3.05) is 11.9 Å². The molecule has 0 bridgehead atoms. The third-order valence-corrected chi connectivity index (χ3v) is 6.31. The Bertz CT molecular complexity index is 996. The highest BCUT2D eigenvalue weighted by Crippen LogP contribution is 2.37. The highest BCUT2D eigenvalue weighted by atomic mass is 32.1. The van der Waals surface area contributed by atoms with Crippen LogP contribution in [0.4, 0.5) is 5.00 Å². The molecule has 0 spiro atoms. The average molecular weight is 410 g/mol. The molecule has 2 aromatic heterocycles. The number of nitrogens with two attached hydrogens (primary N) is 1. The SMILES string of the molecule is NC(=O)c1c(NC(=O)CN[C@@H](c2ccccc2)c2ccco2)sc2c1CCCC2. The summed E-state index contributed by atoms with van der Waals surface area (Å²) in [4.78, 5) is 25.8. The molecule has 0 saturated heterocycles. The van der Waals surface area contributed by atoms with Crippen LogP contribution in [0.1, 0.15) is 51.0 Å². The predicted molar refractivity (Wildman–Crippen MR) is 113 cm³/mol. The topological polar surface area (TPSA) is 97.4 Å². The van der Waals surface area contributed by atoms with E-state index in [1.165, 1.54) is 11.3 Å². The number of carbonyl (C=O) groups is 2. The number of primary amides is 1. The molecule has 0 fully saturated rings. The summed E-state index contributed by atoms with van der Waals surface area (Å²) >= 11 is 1.47. The molecule has 150 valence electrons. The van der Waals surface area contributed by atoms with Gasteiger partial charge in [-0.2, -0.15) is 0 Å². The maximum absolute atomic E-state index is 12.7. The number of nitrogens with one attached hydrogen (secondary N) is 2. The quantitative estimate of drug-likeness (QED) is 0.555. The molecule has 1 aliphatic rings. The Balaban J connectivity index is 1.48. The molecular formula is C22H23N3O3S. The molecule has 3 aromatic rings. The summed E-state index contributed by atoms with van der Waals surface area (Å²) < 4.78 is 5.55. The minimum Gasteiger partial charge on any atom is -0.467 e. The van der Waals surface area contributed by atoms with Crippen molar-refractivity contribution >= 4 is 28.2 Å². The fourth-order valence-corrected chi connectivity index (χ4v) is 5.07. The maximum atomic E-state index is 12.7. The van der Waals surface area contributed by atoms with Gasteiger partial charge in [0.2, 0.25) is 5.91 Å². The maximum Gasteiger partial charge on any atom is 0.251 e. The smallest absolute Gasteiger partial charge is 0.251 e. The van der Waals surface area contributed by atoms with Gasteiger partial charge < -0.3 is 15.5 Å². The van der Waals surface area contributed by atoms with Gasteiger partial charge in [0.05, 0.1) is 24.4 Å². The fraction of sp³-hybridized carbons (Fsp3) is 0.273. The number of furan rings is 1. The van der Waals surface area contributed by atoms with Crippen LogP contribution in [0.25, 0.3) is 0 Å². The summed E-state index contributed by atoms with van der Waals surface area (Å²) in [6.45, 7) is 0.0705. The molecule has 2 amide bonds. The van der Waals surface area contributed by atoms with E-state index in [0.29, 0.717) is 10.6 Å². The Morgan fingerprint density at radius 3 is 2.62 bits per heavy atom. The second-order valence-corrected chi connectivity index (χ2v) is 8.17. The van der Waals surface area contributed by atoms with Crippen LogP contribution in [0.3, 0.4) is 0 Å². The molecule has 1 aromatic carbocycles. The van der Waals surface area contributed by atoms with E-state index in [4.69, 9.17) is 10.2 Å². The number of anilines is 1. The van der Waals surface area contributed by atoms with Crippen molar-refractivity contribution in [2.24, 2.45) is 5.73 Å². The monoisotopic (exact) mass is 409 g/mol. The van der Waals surface area contributed by atoms with Crippen LogP contribution in [0.15, 0.2) is 53.1 Å². The Hall–Kier alpha value is -2.90. The summed E-state index contributed by atoms with van der Waals surface area (Å²) in [5, 5.41) is 6.70. The molecule has 6 nitrogen and oxygen atoms in total. The molecule has 0 saturated carbocycles. The molecule has 2 heterocycles. The van der Waals surface area contributed by atoms with Gasteiger partial charge in [-0.3, -0.25) is 14.9 Å². The molecular weight excluding hydrogens is 386 g/mol. The Kier molecular flexibility index (Phi) is 5.78. The van der Waals surface area contributed by atoms with Crippen LogP contribution < -0.4 is 16.4 Å². The van der Waals surface area contributed by atoms with Gasteiger partial charge in [0.15, 0.2) is 0 Å². The largest absolute Gasteiger partial charge is 0.467 e. The molecule has 0 radical (unpaired) electrons. The number of hydrogen-bond acceptors (Lipinski definition) is 5. The van der Waals surface area contributed by atoms with E-state index < -0.39 is 5.91 Å². The highest BCUT2D eigenvalue weighted by Gasteiger charge is 2.25. The first-order chi connectivity index (χ1) is 14.1. The van der Waals surface area contributed by atoms with E-state index >= 15 is 0 Å². The second kappa shape index (κ2) is 8.63. The second-order valence-electron chi connectivity index (χ2n) is 7.07. The molecule has 7 heteroatoms. The standard InChI is InChI=1S/C22H23N3O3S/c23-21(27)19-15-9-4-5-11-17(15)29-22(19)25-18(26)13-24-20(16-10-6-12-28-16)14-7-2-1-3-8-14/h1-3,6-8,10,12,20,24H,4-5,9,11,13H2,(H2,23,27)(H,25,26)/t20-/m0/s1. The van der Waals surface area contributed by atoms with Crippen LogP contribution >= 0.6 is 11.3 Å². The van der Waals surface area contributed by atoms with E-state index in [1.807, 2.05) is 42.5 Å². The first-order valence-electron chi connectivity index (χ1n) is 9.69. The summed E-state index contributed by atoms with van der Waals surface area (Å²) in [6.07, 6.45) is 5.53. The molecule has 0 unspecified atom stereocenters. The molecule has 29 heavy (non-hydrogen) atoms. The van der Waals surface area contributed by atoms with Crippen molar-refractivity contribution in [3.8, 4) is 0 Å². The summed E-state index contributed by atoms with van der Waals surface area (Å²) in [5.74, 6) is 0.0254. The Morgan fingerprint density at radius 1 is 1.10 bits per heavy atom. The number of fused-ring (bicyclic) bond motifs is 1. The average Bonchev–Trinajstić information content (AvgIpc) is 3.36. The third kappa shape index (κ3) is 4.26. The zero-order chi connectivity index (χ0) is 20.2. The normalized spacial score (nSPS) is 14.2. The van der Waals surface area contributed by atoms with Crippen LogP contribution in [0.2, 0.25) is 0 Å². The molecule has 0 aliphatic heterocycles. The molecule has 4 N–H and O–H groups in total. The minimum atomic E-state index is -0.481. The van der Waals surface area contributed by atoms with Gasteiger partial charge in [0.25, 0.3) is 5.91 Å². The van der Waals surface area contributed by atoms with Gasteiger partial charge >= 0.3 is 0 Å². The van der Waals surface area contributed by atoms with Gasteiger partial charge in [-0.15, -0.1) is 11.3 Å². The van der Waals surface area contributed by atoms with Crippen LogP contribution in [0.5, 0.6) is 0 Å². The van der Waals surface area contributed by atoms with Crippen molar-refractivity contribution < 1.29 is 14.0 Å². The van der Waals surface area contributed by atoms with E-state index in [2.05, 4.69) is 10.6 Å². The zero-order valence-electron chi connectivity index (χ0n) is 15.9. The number of amides is 2. The lowest BCUT2D eigenvalue weighted by Crippen LogP contribution is -2.32. The summed E-state index contributed by atoms with van der Waals surface area (Å²) in [7, 11) is 0. The summed E-state index contributed by atoms with van der Waals surface area (Å²) in [6, 6.07) is 13.3. The lowest BCUT2D eigenvalue weighted by atomic mass is 9.95. The predicted octanol–water partition coefficient (Wildman–Crippen LogP) is 3.64. The van der Waals surface area contributed by atoms with Gasteiger partial charge in [0, 0.05) is 4.88 Å². The number of hydrogen-bond donors (Lipinski definition) is 3. The first kappa shape index (κ1) is 19.4. The van der Waals surface area contributed by atoms with E-state index in [-0.39, 0.29) is 18.5 Å². The number of aryl methyl sites for hydroxylation is 1. The van der Waals surface area contributed by atoms with Crippen LogP contribution in [0, 0.1) is 0 Å². The molecule has 1 aliphatic carbocycles. The Morgan fingerprint density at radius 2 is 1.90 bits per heavy atom. The van der Waals surface area contributed by atoms with Crippen molar-refractivity contribution in [1.82, 2.24) is 5.32 Å². The number of benzene rings is 1. The van der Waals surface area contributed by atoms with Gasteiger partial charge in [0.1, 0.15) is 10.8 Å². The fourth-order valence-electron chi connectivity index (χ4n) is 3.76. The van der Waals surface area contributed by atoms with Crippen molar-refractivity contribution in [2.45, 2.75) is 31.7 Å². The van der Waals surface area contributed by atoms with Crippen LogP contribution in [-0.4, -0.2) is 18.4 Å². The van der Waals surface area contributed by atoms with Gasteiger partial charge in [-0.05, 0) is 48.9 Å². The Labute approximate surface area is 173 Å². The zero-order valence-corrected chi connectivity index (χ0v) is 16.8. The summed E-state index contributed by atoms with van der Waals surface area (Å²) in [5.41, 5.74) is 8.09. The van der Waals surface area contributed by atoms with Crippen LogP contribution in [-0.2, 0) is 17.6 Å². The van der Waals surface area contributed by atoms with Crippen molar-refractivity contribution in [3.63, 3.8) is 0 Å². The van der Waals surface area contributed by atoms with E-state index in [0.717, 1.165) is 47.4 Å². The van der Waals surface area contributed by atoms with Crippen molar-refractivity contribution in [3.05, 3.63) is 76.1 Å². The lowest BCUT2D eigenvalue weighted by Gasteiger charge is -2.17.